The number of ether oxygens (including phenoxy) is 1. The molecule has 0 saturated carbocycles. The lowest BCUT2D eigenvalue weighted by Gasteiger charge is -2.34. The summed E-state index contributed by atoms with van der Waals surface area (Å²) in [6, 6.07) is 7.32. The Bertz CT molecular complexity index is 548. The van der Waals surface area contributed by atoms with Crippen LogP contribution in [-0.2, 0) is 4.79 Å². The molecule has 5 nitrogen and oxygen atoms in total. The number of rotatable bonds is 4. The molecule has 1 N–H and O–H groups in total. The fraction of sp³-hybridized carbons (Fsp3) is 0.529. The Labute approximate surface area is 130 Å². The zero-order chi connectivity index (χ0) is 15.5. The van der Waals surface area contributed by atoms with Crippen molar-refractivity contribution >= 4 is 11.7 Å². The highest BCUT2D eigenvalue weighted by Gasteiger charge is 2.34. The van der Waals surface area contributed by atoms with Crippen LogP contribution in [0, 0.1) is 5.92 Å². The minimum Gasteiger partial charge on any atom is -0.497 e. The molecular weight excluding hydrogens is 280 g/mol. The van der Waals surface area contributed by atoms with E-state index in [1.165, 1.54) is 0 Å². The summed E-state index contributed by atoms with van der Waals surface area (Å²) in [5.74, 6) is 1.17. The average molecular weight is 302 g/mol. The van der Waals surface area contributed by atoms with E-state index in [-0.39, 0.29) is 23.7 Å². The first-order valence-corrected chi connectivity index (χ1v) is 7.89. The first-order valence-electron chi connectivity index (χ1n) is 7.89. The van der Waals surface area contributed by atoms with Crippen molar-refractivity contribution in [3.63, 3.8) is 0 Å². The maximum Gasteiger partial charge on any atom is 0.237 e. The zero-order valence-electron chi connectivity index (χ0n) is 12.9. The molecule has 2 heterocycles. The minimum atomic E-state index is 0.0111. The number of nitrogens with zero attached hydrogens (tertiary/aromatic N) is 1. The minimum absolute atomic E-state index is 0.0111. The molecule has 118 valence electrons. The topological polar surface area (TPSA) is 58.6 Å². The molecule has 3 rings (SSSR count). The number of ketones is 1. The van der Waals surface area contributed by atoms with Gasteiger partial charge in [-0.2, -0.15) is 0 Å². The summed E-state index contributed by atoms with van der Waals surface area (Å²) >= 11 is 0. The summed E-state index contributed by atoms with van der Waals surface area (Å²) in [5.41, 5.74) is 0.748. The van der Waals surface area contributed by atoms with Crippen LogP contribution < -0.4 is 10.1 Å². The van der Waals surface area contributed by atoms with Crippen LogP contribution in [0.5, 0.6) is 5.75 Å². The lowest BCUT2D eigenvalue weighted by molar-refractivity contribution is -0.124. The fourth-order valence-electron chi connectivity index (χ4n) is 3.39. The molecule has 22 heavy (non-hydrogen) atoms. The molecule has 0 spiro atoms. The third-order valence-electron chi connectivity index (χ3n) is 4.74. The normalized spacial score (nSPS) is 23.3. The molecule has 5 heteroatoms. The summed E-state index contributed by atoms with van der Waals surface area (Å²) in [4.78, 5) is 26.5. The summed E-state index contributed by atoms with van der Waals surface area (Å²) in [5, 5.41) is 2.88. The van der Waals surface area contributed by atoms with Crippen molar-refractivity contribution in [3.05, 3.63) is 29.8 Å². The van der Waals surface area contributed by atoms with Gasteiger partial charge in [0.2, 0.25) is 5.91 Å². The number of Topliss-reactive ketones (excluding diaryl/α,β-unsaturated/α-hetero) is 1. The standard InChI is InChI=1S/C17H22N2O3/c1-22-14-4-2-12(3-5-14)16(20)13-7-10-19(11-8-13)15-6-9-18-17(15)21/h2-5,13,15H,6-11H2,1H3,(H,18,21)/t15-/m1/s1. The molecule has 1 aromatic carbocycles. The highest BCUT2D eigenvalue weighted by atomic mass is 16.5. The van der Waals surface area contributed by atoms with Crippen molar-refractivity contribution in [2.24, 2.45) is 5.92 Å². The maximum atomic E-state index is 12.6. The molecule has 2 aliphatic heterocycles. The molecule has 1 amide bonds. The second kappa shape index (κ2) is 6.48. The van der Waals surface area contributed by atoms with E-state index in [1.54, 1.807) is 7.11 Å². The number of likely N-dealkylation sites (tertiary alicyclic amines) is 1. The van der Waals surface area contributed by atoms with Gasteiger partial charge in [-0.15, -0.1) is 0 Å². The van der Waals surface area contributed by atoms with E-state index >= 15 is 0 Å². The molecule has 2 saturated heterocycles. The second-order valence-corrected chi connectivity index (χ2v) is 6.00. The van der Waals surface area contributed by atoms with E-state index in [4.69, 9.17) is 4.74 Å². The number of amides is 1. The summed E-state index contributed by atoms with van der Waals surface area (Å²) in [6.07, 6.45) is 2.54. The van der Waals surface area contributed by atoms with Crippen molar-refractivity contribution in [3.8, 4) is 5.75 Å². The molecule has 2 fully saturated rings. The van der Waals surface area contributed by atoms with E-state index in [2.05, 4.69) is 10.2 Å². The number of carbonyl (C=O) groups excluding carboxylic acids is 2. The van der Waals surface area contributed by atoms with E-state index in [1.807, 2.05) is 24.3 Å². The summed E-state index contributed by atoms with van der Waals surface area (Å²) in [7, 11) is 1.62. The van der Waals surface area contributed by atoms with Crippen LogP contribution in [0.25, 0.3) is 0 Å². The van der Waals surface area contributed by atoms with Crippen molar-refractivity contribution in [1.82, 2.24) is 10.2 Å². The van der Waals surface area contributed by atoms with Gasteiger partial charge in [0.25, 0.3) is 0 Å². The first-order chi connectivity index (χ1) is 10.7. The molecule has 2 aliphatic rings. The Morgan fingerprint density at radius 2 is 1.86 bits per heavy atom. The highest BCUT2D eigenvalue weighted by Crippen LogP contribution is 2.25. The van der Waals surface area contributed by atoms with Crippen LogP contribution in [0.15, 0.2) is 24.3 Å². The van der Waals surface area contributed by atoms with Crippen LogP contribution in [0.2, 0.25) is 0 Å². The Morgan fingerprint density at radius 3 is 2.41 bits per heavy atom. The van der Waals surface area contributed by atoms with Crippen LogP contribution in [0.4, 0.5) is 0 Å². The predicted octanol–water partition coefficient (Wildman–Crippen LogP) is 1.48. The van der Waals surface area contributed by atoms with Gasteiger partial charge < -0.3 is 10.1 Å². The smallest absolute Gasteiger partial charge is 0.237 e. The molecule has 0 radical (unpaired) electrons. The van der Waals surface area contributed by atoms with E-state index in [0.29, 0.717) is 0 Å². The number of hydrogen-bond acceptors (Lipinski definition) is 4. The lowest BCUT2D eigenvalue weighted by atomic mass is 9.88. The second-order valence-electron chi connectivity index (χ2n) is 6.00. The van der Waals surface area contributed by atoms with Gasteiger partial charge in [-0.1, -0.05) is 0 Å². The van der Waals surface area contributed by atoms with Crippen molar-refractivity contribution in [1.29, 1.82) is 0 Å². The van der Waals surface area contributed by atoms with Crippen LogP contribution in [0.1, 0.15) is 29.6 Å². The number of methoxy groups -OCH3 is 1. The summed E-state index contributed by atoms with van der Waals surface area (Å²) in [6.45, 7) is 2.42. The van der Waals surface area contributed by atoms with Gasteiger partial charge >= 0.3 is 0 Å². The van der Waals surface area contributed by atoms with E-state index in [9.17, 15) is 9.59 Å². The van der Waals surface area contributed by atoms with Crippen molar-refractivity contribution in [2.75, 3.05) is 26.7 Å². The Hall–Kier alpha value is -1.88. The molecule has 0 bridgehead atoms. The monoisotopic (exact) mass is 302 g/mol. The molecular formula is C17H22N2O3. The van der Waals surface area contributed by atoms with Gasteiger partial charge in [0.15, 0.2) is 5.78 Å². The van der Waals surface area contributed by atoms with Crippen LogP contribution >= 0.6 is 0 Å². The fourth-order valence-corrected chi connectivity index (χ4v) is 3.39. The number of nitrogens with one attached hydrogen (secondary N) is 1. The van der Waals surface area contributed by atoms with E-state index < -0.39 is 0 Å². The van der Waals surface area contributed by atoms with Crippen LogP contribution in [-0.4, -0.2) is 49.4 Å². The Balaban J connectivity index is 1.58. The first kappa shape index (κ1) is 15.0. The van der Waals surface area contributed by atoms with Gasteiger partial charge in [-0.25, -0.2) is 0 Å². The number of piperidine rings is 1. The van der Waals surface area contributed by atoms with Crippen LogP contribution in [0.3, 0.4) is 0 Å². The third-order valence-corrected chi connectivity index (χ3v) is 4.74. The Kier molecular flexibility index (Phi) is 4.43. The number of hydrogen-bond donors (Lipinski definition) is 1. The molecule has 0 aliphatic carbocycles. The molecule has 1 aromatic rings. The Morgan fingerprint density at radius 1 is 1.18 bits per heavy atom. The van der Waals surface area contributed by atoms with Crippen molar-refractivity contribution in [2.45, 2.75) is 25.3 Å². The van der Waals surface area contributed by atoms with Gasteiger partial charge in [-0.05, 0) is 56.6 Å². The maximum absolute atomic E-state index is 12.6. The lowest BCUT2D eigenvalue weighted by Crippen LogP contribution is -2.46. The van der Waals surface area contributed by atoms with Gasteiger partial charge in [0.1, 0.15) is 5.75 Å². The zero-order valence-corrected chi connectivity index (χ0v) is 12.9. The van der Waals surface area contributed by atoms with Gasteiger partial charge in [0.05, 0.1) is 13.2 Å². The molecule has 1 atom stereocenters. The number of carbonyl (C=O) groups is 2. The third kappa shape index (κ3) is 2.99. The quantitative estimate of drug-likeness (QED) is 0.856. The van der Waals surface area contributed by atoms with Crippen molar-refractivity contribution < 1.29 is 14.3 Å². The van der Waals surface area contributed by atoms with Gasteiger partial charge in [0, 0.05) is 18.0 Å². The van der Waals surface area contributed by atoms with E-state index in [0.717, 1.165) is 50.2 Å². The highest BCUT2D eigenvalue weighted by molar-refractivity contribution is 5.98. The number of benzene rings is 1. The summed E-state index contributed by atoms with van der Waals surface area (Å²) < 4.78 is 5.12. The van der Waals surface area contributed by atoms with Gasteiger partial charge in [-0.3, -0.25) is 14.5 Å². The molecule has 0 unspecified atom stereocenters. The average Bonchev–Trinajstić information content (AvgIpc) is 3.00. The largest absolute Gasteiger partial charge is 0.497 e. The SMILES string of the molecule is COc1ccc(C(=O)C2CCN([C@@H]3CCNC3=O)CC2)cc1. The predicted molar refractivity (Wildman–Crippen MR) is 83.0 cm³/mol. The molecule has 0 aromatic heterocycles.